The standard InChI is InChI=1S/C25H13N3O2/c29-25-22-15(12-26-25)20-13-6-1-3-8-16(13)27-18-10-5-11-19(30-18)28-17-9-4-2-7-14(17)21(22)24(28)23(20)27/h1-12,18H/t18-/m1/s1. The fourth-order valence-corrected chi connectivity index (χ4v) is 5.48. The van der Waals surface area contributed by atoms with Crippen LogP contribution in [0.1, 0.15) is 22.1 Å². The first-order valence-corrected chi connectivity index (χ1v) is 9.98. The molecule has 0 fully saturated rings. The second kappa shape index (κ2) is 4.71. The van der Waals surface area contributed by atoms with Gasteiger partial charge in [0.1, 0.15) is 0 Å². The summed E-state index contributed by atoms with van der Waals surface area (Å²) in [6, 6.07) is 16.5. The van der Waals surface area contributed by atoms with Crippen LogP contribution in [-0.2, 0) is 4.74 Å². The van der Waals surface area contributed by atoms with Crippen LogP contribution in [0, 0.1) is 0 Å². The Labute approximate surface area is 169 Å². The number of carbonyl (C=O) groups is 1. The molecule has 1 atom stereocenters. The Hall–Kier alpha value is -4.12. The fraction of sp³-hybridized carbons (Fsp3) is 0.0400. The normalized spacial score (nSPS) is 18.6. The van der Waals surface area contributed by atoms with Crippen LogP contribution in [-0.4, -0.2) is 21.3 Å². The quantitative estimate of drug-likeness (QED) is 0.359. The van der Waals surface area contributed by atoms with E-state index in [1.165, 1.54) is 0 Å². The molecule has 5 aromatic rings. The van der Waals surface area contributed by atoms with Gasteiger partial charge in [0.25, 0.3) is 5.91 Å². The predicted octanol–water partition coefficient (Wildman–Crippen LogP) is 5.37. The van der Waals surface area contributed by atoms with E-state index in [-0.39, 0.29) is 12.1 Å². The molecule has 0 saturated carbocycles. The monoisotopic (exact) mass is 387 g/mol. The van der Waals surface area contributed by atoms with Gasteiger partial charge in [0.15, 0.2) is 6.23 Å². The molecule has 2 aromatic heterocycles. The molecular weight excluding hydrogens is 374 g/mol. The zero-order valence-electron chi connectivity index (χ0n) is 15.7. The lowest BCUT2D eigenvalue weighted by Crippen LogP contribution is -2.11. The van der Waals surface area contributed by atoms with Crippen LogP contribution in [0.25, 0.3) is 49.5 Å². The first-order chi connectivity index (χ1) is 14.8. The zero-order valence-corrected chi connectivity index (χ0v) is 15.7. The molecule has 30 heavy (non-hydrogen) atoms. The number of para-hydroxylation sites is 2. The third-order valence-corrected chi connectivity index (χ3v) is 6.55. The molecule has 140 valence electrons. The minimum Gasteiger partial charge on any atom is -0.451 e. The van der Waals surface area contributed by atoms with Crippen molar-refractivity contribution in [3.63, 3.8) is 0 Å². The molecule has 3 aliphatic rings. The third kappa shape index (κ3) is 1.45. The highest BCUT2D eigenvalue weighted by atomic mass is 16.5. The van der Waals surface area contributed by atoms with Gasteiger partial charge in [-0.05, 0) is 24.3 Å². The highest BCUT2D eigenvalue weighted by Crippen LogP contribution is 2.49. The van der Waals surface area contributed by atoms with Gasteiger partial charge in [0.05, 0.1) is 27.6 Å². The molecule has 0 spiro atoms. The molecule has 0 unspecified atom stereocenters. The van der Waals surface area contributed by atoms with Crippen LogP contribution in [0.5, 0.6) is 0 Å². The lowest BCUT2D eigenvalue weighted by Gasteiger charge is -2.21. The topological polar surface area (TPSA) is 48.5 Å². The maximum atomic E-state index is 13.0. The molecule has 0 saturated heterocycles. The van der Waals surface area contributed by atoms with E-state index in [4.69, 9.17) is 4.74 Å². The lowest BCUT2D eigenvalue weighted by molar-refractivity contribution is 0.101. The molecule has 8 rings (SSSR count). The van der Waals surface area contributed by atoms with Gasteiger partial charge in [-0.1, -0.05) is 42.5 Å². The highest BCUT2D eigenvalue weighted by Gasteiger charge is 2.35. The molecule has 5 heterocycles. The number of allylic oxidation sites excluding steroid dienone is 2. The van der Waals surface area contributed by atoms with E-state index >= 15 is 0 Å². The number of fused-ring (bicyclic) bond motifs is 13. The molecule has 5 nitrogen and oxygen atoms in total. The number of carbonyl (C=O) groups excluding carboxylic acids is 1. The summed E-state index contributed by atoms with van der Waals surface area (Å²) in [5.74, 6) is 0.598. The minimum atomic E-state index is -0.249. The number of benzene rings is 3. The summed E-state index contributed by atoms with van der Waals surface area (Å²) in [6.07, 6.45) is 7.61. The van der Waals surface area contributed by atoms with Crippen LogP contribution in [0.3, 0.4) is 0 Å². The molecule has 3 aliphatic heterocycles. The van der Waals surface area contributed by atoms with Gasteiger partial charge in [-0.25, -0.2) is 4.99 Å². The average Bonchev–Trinajstić information content (AvgIpc) is 3.41. The van der Waals surface area contributed by atoms with Gasteiger partial charge in [-0.3, -0.25) is 13.9 Å². The Balaban J connectivity index is 1.84. The van der Waals surface area contributed by atoms with E-state index in [1.807, 2.05) is 30.3 Å². The Morgan fingerprint density at radius 3 is 2.53 bits per heavy atom. The molecular formula is C25H13N3O2. The Kier molecular flexibility index (Phi) is 2.33. The van der Waals surface area contributed by atoms with E-state index < -0.39 is 0 Å². The van der Waals surface area contributed by atoms with Crippen molar-refractivity contribution in [2.45, 2.75) is 6.23 Å². The molecule has 0 aliphatic carbocycles. The van der Waals surface area contributed by atoms with E-state index in [2.05, 4.69) is 50.5 Å². The van der Waals surface area contributed by atoms with Crippen LogP contribution >= 0.6 is 0 Å². The Bertz CT molecular complexity index is 1740. The molecule has 3 aromatic carbocycles. The highest BCUT2D eigenvalue weighted by molar-refractivity contribution is 6.36. The SMILES string of the molecule is O=C1N=Cc2c1c1c3ccccc3n3c1c1c2c2ccccc2n1[C@H]1C=CC=C3O1. The summed E-state index contributed by atoms with van der Waals surface area (Å²) >= 11 is 0. The van der Waals surface area contributed by atoms with Crippen molar-refractivity contribution in [2.75, 3.05) is 0 Å². The first kappa shape index (κ1) is 14.8. The van der Waals surface area contributed by atoms with Crippen molar-refractivity contribution in [2.24, 2.45) is 4.99 Å². The number of aliphatic imine (C=N–C) groups is 1. The summed E-state index contributed by atoms with van der Waals surface area (Å²) in [7, 11) is 0. The average molecular weight is 387 g/mol. The molecule has 2 bridgehead atoms. The van der Waals surface area contributed by atoms with Crippen LogP contribution in [0.4, 0.5) is 0 Å². The zero-order chi connectivity index (χ0) is 19.6. The number of aromatic nitrogens is 2. The maximum absolute atomic E-state index is 13.0. The van der Waals surface area contributed by atoms with E-state index in [9.17, 15) is 4.79 Å². The van der Waals surface area contributed by atoms with Crippen molar-refractivity contribution in [1.29, 1.82) is 0 Å². The van der Waals surface area contributed by atoms with E-state index in [1.54, 1.807) is 6.21 Å². The summed E-state index contributed by atoms with van der Waals surface area (Å²) in [5, 5.41) is 4.17. The number of nitrogens with zero attached hydrogens (tertiary/aromatic N) is 3. The van der Waals surface area contributed by atoms with Crippen molar-refractivity contribution in [1.82, 2.24) is 9.13 Å². The summed E-state index contributed by atoms with van der Waals surface area (Å²) in [6.45, 7) is 0. The smallest absolute Gasteiger partial charge is 0.278 e. The molecule has 5 heteroatoms. The minimum absolute atomic E-state index is 0.174. The number of amides is 1. The Morgan fingerprint density at radius 2 is 1.67 bits per heavy atom. The van der Waals surface area contributed by atoms with E-state index in [0.29, 0.717) is 5.56 Å². The number of hydrogen-bond donors (Lipinski definition) is 0. The van der Waals surface area contributed by atoms with Gasteiger partial charge in [-0.15, -0.1) is 0 Å². The van der Waals surface area contributed by atoms with Gasteiger partial charge in [0, 0.05) is 33.3 Å². The summed E-state index contributed by atoms with van der Waals surface area (Å²) in [4.78, 5) is 17.2. The van der Waals surface area contributed by atoms with Crippen LogP contribution in [0.15, 0.2) is 71.8 Å². The van der Waals surface area contributed by atoms with Gasteiger partial charge >= 0.3 is 0 Å². The molecule has 0 N–H and O–H groups in total. The third-order valence-electron chi connectivity index (χ3n) is 6.55. The van der Waals surface area contributed by atoms with Gasteiger partial charge < -0.3 is 4.74 Å². The Morgan fingerprint density at radius 1 is 0.900 bits per heavy atom. The summed E-state index contributed by atoms with van der Waals surface area (Å²) < 4.78 is 10.9. The predicted molar refractivity (Wildman–Crippen MR) is 118 cm³/mol. The van der Waals surface area contributed by atoms with Crippen LogP contribution < -0.4 is 0 Å². The first-order valence-electron chi connectivity index (χ1n) is 9.98. The van der Waals surface area contributed by atoms with Crippen molar-refractivity contribution >= 4 is 61.6 Å². The van der Waals surface area contributed by atoms with Crippen molar-refractivity contribution in [3.05, 3.63) is 77.9 Å². The maximum Gasteiger partial charge on any atom is 0.278 e. The second-order valence-electron chi connectivity index (χ2n) is 7.94. The fourth-order valence-electron chi connectivity index (χ4n) is 5.48. The molecule has 0 radical (unpaired) electrons. The second-order valence-corrected chi connectivity index (χ2v) is 7.94. The van der Waals surface area contributed by atoms with Gasteiger partial charge in [-0.2, -0.15) is 0 Å². The van der Waals surface area contributed by atoms with Gasteiger partial charge in [0.2, 0.25) is 5.88 Å². The largest absolute Gasteiger partial charge is 0.451 e. The number of hydrogen-bond acceptors (Lipinski definition) is 2. The lowest BCUT2D eigenvalue weighted by atomic mass is 9.97. The van der Waals surface area contributed by atoms with Crippen LogP contribution in [0.2, 0.25) is 0 Å². The van der Waals surface area contributed by atoms with Crippen molar-refractivity contribution < 1.29 is 9.53 Å². The van der Waals surface area contributed by atoms with Crippen molar-refractivity contribution in [3.8, 4) is 0 Å². The molecule has 1 amide bonds. The summed E-state index contributed by atoms with van der Waals surface area (Å²) in [5.41, 5.74) is 5.82. The number of ether oxygens (including phenoxy) is 1. The number of rotatable bonds is 0. The van der Waals surface area contributed by atoms with E-state index in [0.717, 1.165) is 55.1 Å².